The van der Waals surface area contributed by atoms with E-state index < -0.39 is 0 Å². The zero-order valence-corrected chi connectivity index (χ0v) is 17.6. The van der Waals surface area contributed by atoms with Crippen molar-refractivity contribution in [1.82, 2.24) is 0 Å². The highest BCUT2D eigenvalue weighted by atomic mass is 79.9. The van der Waals surface area contributed by atoms with Gasteiger partial charge in [-0.25, -0.2) is 0 Å². The van der Waals surface area contributed by atoms with Gasteiger partial charge in [-0.1, -0.05) is 30.3 Å². The predicted octanol–water partition coefficient (Wildman–Crippen LogP) is 6.02. The molecule has 3 aromatic carbocycles. The van der Waals surface area contributed by atoms with Gasteiger partial charge in [-0.3, -0.25) is 9.59 Å². The maximum atomic E-state index is 12.6. The average molecular weight is 488 g/mol. The number of carbonyl (C=O) groups excluding carboxylic acids is 2. The normalized spacial score (nSPS) is 10.3. The number of nitrogens with one attached hydrogen (secondary N) is 2. The van der Waals surface area contributed by atoms with E-state index in [0.717, 1.165) is 14.5 Å². The average Bonchev–Trinajstić information content (AvgIpc) is 2.65. The summed E-state index contributed by atoms with van der Waals surface area (Å²) in [5.41, 5.74) is 3.22. The standard InChI is InChI=1S/C21H16Br2N2O2/c1-13-10-11-14(24-20(26)15-6-2-4-8-17(15)22)12-19(13)25-21(27)16-7-3-5-9-18(16)23/h2-12H,1H3,(H,24,26)(H,25,27). The molecule has 27 heavy (non-hydrogen) atoms. The van der Waals surface area contributed by atoms with Crippen LogP contribution in [0.15, 0.2) is 75.7 Å². The number of rotatable bonds is 4. The van der Waals surface area contributed by atoms with Crippen LogP contribution in [0.3, 0.4) is 0 Å². The van der Waals surface area contributed by atoms with Crippen LogP contribution in [0.25, 0.3) is 0 Å². The molecule has 0 saturated carbocycles. The molecule has 0 aliphatic rings. The number of hydrogen-bond donors (Lipinski definition) is 2. The van der Waals surface area contributed by atoms with Crippen molar-refractivity contribution in [1.29, 1.82) is 0 Å². The zero-order valence-electron chi connectivity index (χ0n) is 14.4. The zero-order chi connectivity index (χ0) is 19.4. The molecule has 0 aromatic heterocycles. The fraction of sp³-hybridized carbons (Fsp3) is 0.0476. The number of aryl methyl sites for hydroxylation is 1. The van der Waals surface area contributed by atoms with Gasteiger partial charge in [0.15, 0.2) is 0 Å². The van der Waals surface area contributed by atoms with Crippen LogP contribution in [0.4, 0.5) is 11.4 Å². The third-order valence-corrected chi connectivity index (χ3v) is 5.36. The smallest absolute Gasteiger partial charge is 0.256 e. The first-order valence-corrected chi connectivity index (χ1v) is 9.76. The minimum atomic E-state index is -0.227. The van der Waals surface area contributed by atoms with Crippen LogP contribution in [0, 0.1) is 6.92 Å². The lowest BCUT2D eigenvalue weighted by Gasteiger charge is -2.13. The Morgan fingerprint density at radius 1 is 0.741 bits per heavy atom. The summed E-state index contributed by atoms with van der Waals surface area (Å²) >= 11 is 6.77. The number of carbonyl (C=O) groups is 2. The van der Waals surface area contributed by atoms with E-state index in [1.807, 2.05) is 37.3 Å². The first-order valence-electron chi connectivity index (χ1n) is 8.18. The first kappa shape index (κ1) is 19.3. The third kappa shape index (κ3) is 4.64. The van der Waals surface area contributed by atoms with Gasteiger partial charge in [-0.15, -0.1) is 0 Å². The fourth-order valence-electron chi connectivity index (χ4n) is 2.51. The Labute approximate surface area is 174 Å². The minimum Gasteiger partial charge on any atom is -0.322 e. The van der Waals surface area contributed by atoms with Gasteiger partial charge in [-0.05, 0) is 80.7 Å². The molecule has 2 amide bonds. The molecule has 0 radical (unpaired) electrons. The van der Waals surface area contributed by atoms with Crippen LogP contribution >= 0.6 is 31.9 Å². The van der Waals surface area contributed by atoms with E-state index in [0.29, 0.717) is 22.5 Å². The summed E-state index contributed by atoms with van der Waals surface area (Å²) in [5, 5.41) is 5.76. The van der Waals surface area contributed by atoms with Crippen LogP contribution in [0.5, 0.6) is 0 Å². The van der Waals surface area contributed by atoms with Crippen molar-refractivity contribution in [3.63, 3.8) is 0 Å². The van der Waals surface area contributed by atoms with Crippen LogP contribution in [-0.4, -0.2) is 11.8 Å². The van der Waals surface area contributed by atoms with Crippen molar-refractivity contribution in [3.8, 4) is 0 Å². The molecular weight excluding hydrogens is 472 g/mol. The Balaban J connectivity index is 1.80. The molecule has 0 atom stereocenters. The largest absolute Gasteiger partial charge is 0.322 e. The van der Waals surface area contributed by atoms with Gasteiger partial charge in [0.2, 0.25) is 0 Å². The van der Waals surface area contributed by atoms with Gasteiger partial charge in [0.25, 0.3) is 11.8 Å². The van der Waals surface area contributed by atoms with Gasteiger partial charge in [0.1, 0.15) is 0 Å². The Bertz CT molecular complexity index is 1020. The van der Waals surface area contributed by atoms with Crippen LogP contribution < -0.4 is 10.6 Å². The quantitative estimate of drug-likeness (QED) is 0.472. The van der Waals surface area contributed by atoms with Gasteiger partial charge >= 0.3 is 0 Å². The van der Waals surface area contributed by atoms with Gasteiger partial charge in [0.05, 0.1) is 11.1 Å². The maximum absolute atomic E-state index is 12.6. The second-order valence-electron chi connectivity index (χ2n) is 5.90. The van der Waals surface area contributed by atoms with E-state index in [4.69, 9.17) is 0 Å². The molecule has 0 bridgehead atoms. The van der Waals surface area contributed by atoms with E-state index in [2.05, 4.69) is 42.5 Å². The molecule has 0 aliphatic heterocycles. The molecule has 3 rings (SSSR count). The molecule has 6 heteroatoms. The summed E-state index contributed by atoms with van der Waals surface area (Å²) in [4.78, 5) is 25.0. The Morgan fingerprint density at radius 2 is 1.26 bits per heavy atom. The van der Waals surface area contributed by atoms with Crippen LogP contribution in [0.1, 0.15) is 26.3 Å². The van der Waals surface area contributed by atoms with Crippen LogP contribution in [0.2, 0.25) is 0 Å². The second kappa shape index (κ2) is 8.50. The highest BCUT2D eigenvalue weighted by Gasteiger charge is 2.13. The summed E-state index contributed by atoms with van der Waals surface area (Å²) in [5.74, 6) is -0.450. The topological polar surface area (TPSA) is 58.2 Å². The number of hydrogen-bond acceptors (Lipinski definition) is 2. The molecule has 0 fully saturated rings. The summed E-state index contributed by atoms with van der Waals surface area (Å²) in [7, 11) is 0. The lowest BCUT2D eigenvalue weighted by Crippen LogP contribution is -2.15. The lowest BCUT2D eigenvalue weighted by molar-refractivity contribution is 0.101. The van der Waals surface area contributed by atoms with E-state index in [1.54, 1.807) is 36.4 Å². The number of halogens is 2. The Hall–Kier alpha value is -2.44. The number of amides is 2. The molecule has 0 spiro atoms. The van der Waals surface area contributed by atoms with Crippen molar-refractivity contribution < 1.29 is 9.59 Å². The van der Waals surface area contributed by atoms with E-state index in [9.17, 15) is 9.59 Å². The molecule has 3 aromatic rings. The fourth-order valence-corrected chi connectivity index (χ4v) is 3.44. The maximum Gasteiger partial charge on any atom is 0.256 e. The van der Waals surface area contributed by atoms with Gasteiger partial charge in [0, 0.05) is 20.3 Å². The summed E-state index contributed by atoms with van der Waals surface area (Å²) in [6.45, 7) is 1.90. The van der Waals surface area contributed by atoms with Crippen molar-refractivity contribution in [2.45, 2.75) is 6.92 Å². The highest BCUT2D eigenvalue weighted by molar-refractivity contribution is 9.10. The summed E-state index contributed by atoms with van der Waals surface area (Å²) < 4.78 is 1.44. The molecule has 0 heterocycles. The summed E-state index contributed by atoms with van der Waals surface area (Å²) in [6, 6.07) is 19.8. The van der Waals surface area contributed by atoms with Crippen molar-refractivity contribution >= 4 is 55.0 Å². The molecule has 4 nitrogen and oxygen atoms in total. The SMILES string of the molecule is Cc1ccc(NC(=O)c2ccccc2Br)cc1NC(=O)c1ccccc1Br. The van der Waals surface area contributed by atoms with E-state index >= 15 is 0 Å². The number of anilines is 2. The number of benzene rings is 3. The van der Waals surface area contributed by atoms with E-state index in [-0.39, 0.29) is 11.8 Å². The van der Waals surface area contributed by atoms with Gasteiger partial charge < -0.3 is 10.6 Å². The molecule has 0 saturated heterocycles. The molecule has 0 unspecified atom stereocenters. The predicted molar refractivity (Wildman–Crippen MR) is 115 cm³/mol. The van der Waals surface area contributed by atoms with Crippen LogP contribution in [-0.2, 0) is 0 Å². The monoisotopic (exact) mass is 486 g/mol. The van der Waals surface area contributed by atoms with Crippen molar-refractivity contribution in [3.05, 3.63) is 92.4 Å². The van der Waals surface area contributed by atoms with Gasteiger partial charge in [-0.2, -0.15) is 0 Å². The first-order chi connectivity index (χ1) is 13.0. The van der Waals surface area contributed by atoms with Crippen molar-refractivity contribution in [2.75, 3.05) is 10.6 Å². The lowest BCUT2D eigenvalue weighted by atomic mass is 10.1. The molecule has 0 aliphatic carbocycles. The highest BCUT2D eigenvalue weighted by Crippen LogP contribution is 2.24. The van der Waals surface area contributed by atoms with Crippen molar-refractivity contribution in [2.24, 2.45) is 0 Å². The molecular formula is C21H16Br2N2O2. The molecule has 136 valence electrons. The summed E-state index contributed by atoms with van der Waals surface area (Å²) in [6.07, 6.45) is 0. The second-order valence-corrected chi connectivity index (χ2v) is 7.61. The minimum absolute atomic E-state index is 0.222. The molecule has 2 N–H and O–H groups in total. The Kier molecular flexibility index (Phi) is 6.08. The Morgan fingerprint density at radius 3 is 1.81 bits per heavy atom. The van der Waals surface area contributed by atoms with E-state index in [1.165, 1.54) is 0 Å². The third-order valence-electron chi connectivity index (χ3n) is 3.98.